The van der Waals surface area contributed by atoms with Crippen LogP contribution in [-0.4, -0.2) is 18.0 Å². The Morgan fingerprint density at radius 1 is 1.06 bits per heavy atom. The first-order valence-electron chi connectivity index (χ1n) is 6.94. The molecule has 0 rings (SSSR count). The van der Waals surface area contributed by atoms with Crippen molar-refractivity contribution in [3.05, 3.63) is 0 Å². The Kier molecular flexibility index (Phi) is 12.1. The van der Waals surface area contributed by atoms with Crippen molar-refractivity contribution in [1.82, 2.24) is 0 Å². The average Bonchev–Trinajstić information content (AvgIpc) is 2.29. The van der Waals surface area contributed by atoms with Crippen molar-refractivity contribution in [3.63, 3.8) is 0 Å². The van der Waals surface area contributed by atoms with Crippen LogP contribution in [0.25, 0.3) is 0 Å². The van der Waals surface area contributed by atoms with Crippen molar-refractivity contribution in [2.45, 2.75) is 77.0 Å². The molecule has 1 unspecified atom stereocenters. The fourth-order valence-electron chi connectivity index (χ4n) is 1.78. The van der Waals surface area contributed by atoms with Gasteiger partial charge < -0.3 is 4.74 Å². The van der Waals surface area contributed by atoms with Crippen molar-refractivity contribution in [1.29, 1.82) is 0 Å². The third-order valence-corrected chi connectivity index (χ3v) is 3.27. The molecule has 0 spiro atoms. The zero-order chi connectivity index (χ0) is 12.9. The van der Waals surface area contributed by atoms with Crippen LogP contribution in [-0.2, 0) is 9.53 Å². The van der Waals surface area contributed by atoms with Crippen molar-refractivity contribution >= 4 is 17.6 Å². The smallest absolute Gasteiger partial charge is 0.302 e. The summed E-state index contributed by atoms with van der Waals surface area (Å²) in [5, 5.41) is 0.371. The van der Waals surface area contributed by atoms with E-state index >= 15 is 0 Å². The Bertz CT molecular complexity index is 183. The molecule has 102 valence electrons. The minimum atomic E-state index is -0.175. The Balaban J connectivity index is 3.10. The van der Waals surface area contributed by atoms with Crippen molar-refractivity contribution in [2.75, 3.05) is 6.61 Å². The molecule has 0 heterocycles. The van der Waals surface area contributed by atoms with Crippen LogP contribution in [0.2, 0.25) is 0 Å². The van der Waals surface area contributed by atoms with E-state index in [4.69, 9.17) is 16.3 Å². The van der Waals surface area contributed by atoms with Crippen LogP contribution in [0.1, 0.15) is 71.6 Å². The van der Waals surface area contributed by atoms with Crippen LogP contribution in [0.4, 0.5) is 0 Å². The number of alkyl halides is 1. The molecule has 0 fully saturated rings. The molecule has 0 aromatic rings. The van der Waals surface area contributed by atoms with Crippen LogP contribution in [0.15, 0.2) is 0 Å². The van der Waals surface area contributed by atoms with Crippen molar-refractivity contribution in [3.8, 4) is 0 Å². The van der Waals surface area contributed by atoms with E-state index in [0.29, 0.717) is 12.0 Å². The molecule has 0 saturated carbocycles. The highest BCUT2D eigenvalue weighted by atomic mass is 35.5. The zero-order valence-corrected chi connectivity index (χ0v) is 12.1. The third-order valence-electron chi connectivity index (χ3n) is 2.84. The molecule has 0 saturated heterocycles. The van der Waals surface area contributed by atoms with Gasteiger partial charge in [0.2, 0.25) is 0 Å². The van der Waals surface area contributed by atoms with E-state index in [0.717, 1.165) is 25.7 Å². The lowest BCUT2D eigenvalue weighted by molar-refractivity contribution is -0.141. The normalized spacial score (nSPS) is 12.4. The molecular formula is C14H27ClO2. The molecule has 0 N–H and O–H groups in total. The second kappa shape index (κ2) is 12.2. The number of rotatable bonds is 11. The molecule has 0 bridgehead atoms. The fraction of sp³-hybridized carbons (Fsp3) is 0.929. The van der Waals surface area contributed by atoms with Gasteiger partial charge in [0.15, 0.2) is 0 Å². The molecule has 1 atom stereocenters. The number of unbranched alkanes of at least 4 members (excludes halogenated alkanes) is 5. The standard InChI is InChI=1S/C14H27ClO2/c1-3-4-10-14(15)11-8-6-5-7-9-12-17-13(2)16/h14H,3-12H2,1-2H3. The number of carbonyl (C=O) groups is 1. The summed E-state index contributed by atoms with van der Waals surface area (Å²) in [4.78, 5) is 10.5. The van der Waals surface area contributed by atoms with Gasteiger partial charge >= 0.3 is 5.97 Å². The highest BCUT2D eigenvalue weighted by Crippen LogP contribution is 2.16. The highest BCUT2D eigenvalue weighted by Gasteiger charge is 2.03. The first-order valence-corrected chi connectivity index (χ1v) is 7.38. The van der Waals surface area contributed by atoms with Crippen molar-refractivity contribution in [2.24, 2.45) is 0 Å². The van der Waals surface area contributed by atoms with E-state index in [2.05, 4.69) is 6.92 Å². The molecule has 0 aliphatic rings. The second-order valence-corrected chi connectivity index (χ2v) is 5.25. The van der Waals surface area contributed by atoms with Gasteiger partial charge in [-0.25, -0.2) is 0 Å². The Labute approximate surface area is 111 Å². The number of carbonyl (C=O) groups excluding carboxylic acids is 1. The van der Waals surface area contributed by atoms with E-state index in [1.54, 1.807) is 0 Å². The number of hydrogen-bond acceptors (Lipinski definition) is 2. The first kappa shape index (κ1) is 16.8. The number of hydrogen-bond donors (Lipinski definition) is 0. The van der Waals surface area contributed by atoms with Gasteiger partial charge in [-0.2, -0.15) is 0 Å². The summed E-state index contributed by atoms with van der Waals surface area (Å²) in [6.07, 6.45) is 10.6. The average molecular weight is 263 g/mol. The van der Waals surface area contributed by atoms with E-state index in [1.807, 2.05) is 0 Å². The predicted octanol–water partition coefficient (Wildman–Crippen LogP) is 4.69. The topological polar surface area (TPSA) is 26.3 Å². The lowest BCUT2D eigenvalue weighted by Gasteiger charge is -2.08. The summed E-state index contributed by atoms with van der Waals surface area (Å²) in [5.41, 5.74) is 0. The van der Waals surface area contributed by atoms with Crippen LogP contribution >= 0.6 is 11.6 Å². The molecular weight excluding hydrogens is 236 g/mol. The van der Waals surface area contributed by atoms with Gasteiger partial charge in [-0.15, -0.1) is 11.6 Å². The summed E-state index contributed by atoms with van der Waals surface area (Å²) in [7, 11) is 0. The van der Waals surface area contributed by atoms with Crippen LogP contribution in [0.5, 0.6) is 0 Å². The van der Waals surface area contributed by atoms with Crippen LogP contribution < -0.4 is 0 Å². The molecule has 0 amide bonds. The Morgan fingerprint density at radius 3 is 2.29 bits per heavy atom. The number of esters is 1. The maximum Gasteiger partial charge on any atom is 0.302 e. The molecule has 0 aliphatic carbocycles. The Hall–Kier alpha value is -0.240. The SMILES string of the molecule is CCCCC(Cl)CCCCCCCOC(C)=O. The molecule has 2 nitrogen and oxygen atoms in total. The van der Waals surface area contributed by atoms with E-state index < -0.39 is 0 Å². The summed E-state index contributed by atoms with van der Waals surface area (Å²) < 4.78 is 4.87. The monoisotopic (exact) mass is 262 g/mol. The summed E-state index contributed by atoms with van der Waals surface area (Å²) in [6.45, 7) is 4.23. The largest absolute Gasteiger partial charge is 0.466 e. The third kappa shape index (κ3) is 13.7. The predicted molar refractivity (Wildman–Crippen MR) is 73.5 cm³/mol. The lowest BCUT2D eigenvalue weighted by Crippen LogP contribution is -2.00. The summed E-state index contributed by atoms with van der Waals surface area (Å²) in [5.74, 6) is -0.175. The molecule has 0 aromatic heterocycles. The summed E-state index contributed by atoms with van der Waals surface area (Å²) in [6, 6.07) is 0. The van der Waals surface area contributed by atoms with Gasteiger partial charge in [-0.1, -0.05) is 45.4 Å². The molecule has 17 heavy (non-hydrogen) atoms. The van der Waals surface area contributed by atoms with E-state index in [9.17, 15) is 4.79 Å². The maximum absolute atomic E-state index is 10.5. The van der Waals surface area contributed by atoms with Gasteiger partial charge in [0.05, 0.1) is 6.61 Å². The van der Waals surface area contributed by atoms with Crippen LogP contribution in [0.3, 0.4) is 0 Å². The van der Waals surface area contributed by atoms with Gasteiger partial charge in [0.25, 0.3) is 0 Å². The minimum absolute atomic E-state index is 0.175. The molecule has 0 aromatic carbocycles. The molecule has 3 heteroatoms. The maximum atomic E-state index is 10.5. The number of ether oxygens (including phenoxy) is 1. The molecule has 0 radical (unpaired) electrons. The molecule has 0 aliphatic heterocycles. The first-order chi connectivity index (χ1) is 8.16. The fourth-order valence-corrected chi connectivity index (χ4v) is 2.09. The number of halogens is 1. The highest BCUT2D eigenvalue weighted by molar-refractivity contribution is 6.20. The minimum Gasteiger partial charge on any atom is -0.466 e. The Morgan fingerprint density at radius 2 is 1.65 bits per heavy atom. The lowest BCUT2D eigenvalue weighted by atomic mass is 10.1. The van der Waals surface area contributed by atoms with Gasteiger partial charge in [-0.3, -0.25) is 4.79 Å². The second-order valence-electron chi connectivity index (χ2n) is 4.64. The van der Waals surface area contributed by atoms with E-state index in [-0.39, 0.29) is 5.97 Å². The van der Waals surface area contributed by atoms with Gasteiger partial charge in [0, 0.05) is 12.3 Å². The van der Waals surface area contributed by atoms with Crippen LogP contribution in [0, 0.1) is 0 Å². The van der Waals surface area contributed by atoms with Gasteiger partial charge in [-0.05, 0) is 19.3 Å². The quantitative estimate of drug-likeness (QED) is 0.307. The van der Waals surface area contributed by atoms with Crippen molar-refractivity contribution < 1.29 is 9.53 Å². The summed E-state index contributed by atoms with van der Waals surface area (Å²) >= 11 is 6.20. The van der Waals surface area contributed by atoms with E-state index in [1.165, 1.54) is 39.0 Å². The zero-order valence-electron chi connectivity index (χ0n) is 11.3. The van der Waals surface area contributed by atoms with Gasteiger partial charge in [0.1, 0.15) is 0 Å².